The van der Waals surface area contributed by atoms with Crippen LogP contribution in [-0.2, 0) is 0 Å². The van der Waals surface area contributed by atoms with E-state index in [1.165, 1.54) is 12.1 Å². The first-order chi connectivity index (χ1) is 9.02. The van der Waals surface area contributed by atoms with E-state index in [0.717, 1.165) is 0 Å². The van der Waals surface area contributed by atoms with E-state index in [1.807, 2.05) is 0 Å². The summed E-state index contributed by atoms with van der Waals surface area (Å²) in [6, 6.07) is 6.26. The highest BCUT2D eigenvalue weighted by Gasteiger charge is 2.22. The van der Waals surface area contributed by atoms with Crippen LogP contribution >= 0.6 is 0 Å². The predicted molar refractivity (Wildman–Crippen MR) is 66.6 cm³/mol. The van der Waals surface area contributed by atoms with Gasteiger partial charge in [0, 0.05) is 5.39 Å². The first kappa shape index (κ1) is 11.2. The van der Waals surface area contributed by atoms with E-state index in [2.05, 4.69) is 0 Å². The van der Waals surface area contributed by atoms with Crippen molar-refractivity contribution in [1.29, 1.82) is 0 Å². The quantitative estimate of drug-likeness (QED) is 0.212. The fourth-order valence-electron chi connectivity index (χ4n) is 2.05. The Kier molecular flexibility index (Phi) is 2.10. The van der Waals surface area contributed by atoms with Crippen molar-refractivity contribution >= 4 is 21.7 Å². The summed E-state index contributed by atoms with van der Waals surface area (Å²) in [4.78, 5) is 11.7. The molecule has 96 valence electrons. The largest absolute Gasteiger partial charge is 0.504 e. The van der Waals surface area contributed by atoms with Crippen LogP contribution in [0.1, 0.15) is 0 Å². The van der Waals surface area contributed by atoms with Crippen LogP contribution in [0.4, 0.5) is 0 Å². The Balaban J connectivity index is 2.75. The fourth-order valence-corrected chi connectivity index (χ4v) is 2.05. The lowest BCUT2D eigenvalue weighted by Gasteiger charge is -2.09. The van der Waals surface area contributed by atoms with Crippen LogP contribution in [0.15, 0.2) is 33.5 Å². The third-order valence-corrected chi connectivity index (χ3v) is 2.96. The lowest BCUT2D eigenvalue weighted by atomic mass is 10.1. The lowest BCUT2D eigenvalue weighted by molar-refractivity contribution is 0.346. The second kappa shape index (κ2) is 3.55. The van der Waals surface area contributed by atoms with Gasteiger partial charge in [-0.15, -0.1) is 0 Å². The summed E-state index contributed by atoms with van der Waals surface area (Å²) in [5.41, 5.74) is -1.10. The first-order valence-corrected chi connectivity index (χ1v) is 5.33. The van der Waals surface area contributed by atoms with E-state index in [9.17, 15) is 25.2 Å². The van der Waals surface area contributed by atoms with Gasteiger partial charge in [-0.3, -0.25) is 0 Å². The number of hydrogen-bond donors (Lipinski definition) is 4. The van der Waals surface area contributed by atoms with Crippen molar-refractivity contribution in [2.75, 3.05) is 0 Å². The molecule has 0 radical (unpaired) electrons. The zero-order valence-electron chi connectivity index (χ0n) is 9.41. The van der Waals surface area contributed by atoms with Gasteiger partial charge in [-0.2, -0.15) is 0 Å². The molecule has 3 aromatic rings. The third kappa shape index (κ3) is 1.33. The lowest BCUT2D eigenvalue weighted by Crippen LogP contribution is -1.99. The molecule has 0 unspecified atom stereocenters. The Hall–Kier alpha value is -2.89. The van der Waals surface area contributed by atoms with E-state index >= 15 is 0 Å². The molecule has 1 aromatic heterocycles. The summed E-state index contributed by atoms with van der Waals surface area (Å²) in [6.45, 7) is 0. The van der Waals surface area contributed by atoms with Gasteiger partial charge in [0.2, 0.25) is 17.2 Å². The number of aromatic hydroxyl groups is 4. The maximum Gasteiger partial charge on any atom is 0.344 e. The highest BCUT2D eigenvalue weighted by molar-refractivity contribution is 6.11. The van der Waals surface area contributed by atoms with Crippen LogP contribution in [-0.4, -0.2) is 20.4 Å². The molecular weight excluding hydrogens is 252 g/mol. The number of fused-ring (bicyclic) bond motifs is 3. The van der Waals surface area contributed by atoms with E-state index in [0.29, 0.717) is 5.39 Å². The van der Waals surface area contributed by atoms with Crippen molar-refractivity contribution in [1.82, 2.24) is 0 Å². The molecule has 0 aliphatic rings. The summed E-state index contributed by atoms with van der Waals surface area (Å²) >= 11 is 0. The van der Waals surface area contributed by atoms with Crippen molar-refractivity contribution in [3.8, 4) is 23.0 Å². The van der Waals surface area contributed by atoms with E-state index in [1.54, 1.807) is 12.1 Å². The van der Waals surface area contributed by atoms with E-state index in [-0.39, 0.29) is 16.4 Å². The molecule has 0 amide bonds. The molecular formula is C13H8O6. The van der Waals surface area contributed by atoms with Crippen molar-refractivity contribution in [3.63, 3.8) is 0 Å². The minimum atomic E-state index is -0.941. The summed E-state index contributed by atoms with van der Waals surface area (Å²) < 4.78 is 4.89. The summed E-state index contributed by atoms with van der Waals surface area (Å²) in [5.74, 6) is -3.27. The van der Waals surface area contributed by atoms with Crippen LogP contribution in [0, 0.1) is 0 Å². The molecule has 1 heterocycles. The number of phenols is 4. The summed E-state index contributed by atoms with van der Waals surface area (Å²) in [6.07, 6.45) is 0. The molecule has 0 saturated carbocycles. The fraction of sp³-hybridized carbons (Fsp3) is 0. The van der Waals surface area contributed by atoms with Crippen LogP contribution < -0.4 is 5.63 Å². The molecule has 6 nitrogen and oxygen atoms in total. The monoisotopic (exact) mass is 260 g/mol. The Morgan fingerprint density at radius 1 is 0.789 bits per heavy atom. The zero-order valence-corrected chi connectivity index (χ0v) is 9.41. The van der Waals surface area contributed by atoms with Gasteiger partial charge in [-0.1, -0.05) is 18.2 Å². The molecule has 0 fully saturated rings. The highest BCUT2D eigenvalue weighted by Crippen LogP contribution is 2.49. The van der Waals surface area contributed by atoms with Gasteiger partial charge < -0.3 is 24.8 Å². The molecule has 0 aliphatic carbocycles. The van der Waals surface area contributed by atoms with Crippen molar-refractivity contribution in [3.05, 3.63) is 34.7 Å². The summed E-state index contributed by atoms with van der Waals surface area (Å²) in [7, 11) is 0. The SMILES string of the molecule is O=c1oc2c(O)c(O)c(O)c(O)c2c2ccccc12. The van der Waals surface area contributed by atoms with Gasteiger partial charge in [0.25, 0.3) is 0 Å². The van der Waals surface area contributed by atoms with Crippen LogP contribution in [0.3, 0.4) is 0 Å². The number of hydrogen-bond acceptors (Lipinski definition) is 6. The highest BCUT2D eigenvalue weighted by atomic mass is 16.4. The smallest absolute Gasteiger partial charge is 0.344 e. The van der Waals surface area contributed by atoms with Gasteiger partial charge in [-0.05, 0) is 6.07 Å². The molecule has 0 saturated heterocycles. The Bertz CT molecular complexity index is 878. The molecule has 0 spiro atoms. The van der Waals surface area contributed by atoms with Gasteiger partial charge in [0.15, 0.2) is 11.3 Å². The van der Waals surface area contributed by atoms with Gasteiger partial charge >= 0.3 is 5.63 Å². The number of phenolic OH excluding ortho intramolecular Hbond substituents is 4. The molecule has 0 aliphatic heterocycles. The van der Waals surface area contributed by atoms with E-state index < -0.39 is 28.6 Å². The average Bonchev–Trinajstić information content (AvgIpc) is 2.43. The minimum absolute atomic E-state index is 0.0389. The van der Waals surface area contributed by atoms with Crippen molar-refractivity contribution < 1.29 is 24.8 Å². The molecule has 2 aromatic carbocycles. The Morgan fingerprint density at radius 3 is 2.05 bits per heavy atom. The predicted octanol–water partition coefficient (Wildman–Crippen LogP) is 1.77. The van der Waals surface area contributed by atoms with Gasteiger partial charge in [-0.25, -0.2) is 4.79 Å². The second-order valence-corrected chi connectivity index (χ2v) is 4.03. The van der Waals surface area contributed by atoms with Crippen LogP contribution in [0.25, 0.3) is 21.7 Å². The molecule has 6 heteroatoms. The zero-order chi connectivity index (χ0) is 13.7. The van der Waals surface area contributed by atoms with Crippen molar-refractivity contribution in [2.24, 2.45) is 0 Å². The third-order valence-electron chi connectivity index (χ3n) is 2.96. The molecule has 19 heavy (non-hydrogen) atoms. The minimum Gasteiger partial charge on any atom is -0.504 e. The van der Waals surface area contributed by atoms with Crippen LogP contribution in [0.2, 0.25) is 0 Å². The molecule has 4 N–H and O–H groups in total. The molecule has 3 rings (SSSR count). The maximum atomic E-state index is 11.7. The van der Waals surface area contributed by atoms with Crippen molar-refractivity contribution in [2.45, 2.75) is 0 Å². The Morgan fingerprint density at radius 2 is 1.37 bits per heavy atom. The van der Waals surface area contributed by atoms with Crippen LogP contribution in [0.5, 0.6) is 23.0 Å². The average molecular weight is 260 g/mol. The summed E-state index contributed by atoms with van der Waals surface area (Å²) in [5, 5.41) is 39.0. The van der Waals surface area contributed by atoms with Gasteiger partial charge in [0.05, 0.1) is 10.8 Å². The molecule has 0 bridgehead atoms. The first-order valence-electron chi connectivity index (χ1n) is 5.33. The number of rotatable bonds is 0. The van der Waals surface area contributed by atoms with Gasteiger partial charge in [0.1, 0.15) is 0 Å². The maximum absolute atomic E-state index is 11.7. The number of benzene rings is 2. The standard InChI is InChI=1S/C13H8O6/c14-8-7-5-3-1-2-4-6(5)13(18)19-12(7)11(17)10(16)9(8)15/h1-4,14-17H. The van der Waals surface area contributed by atoms with E-state index in [4.69, 9.17) is 4.42 Å². The molecule has 0 atom stereocenters. The topological polar surface area (TPSA) is 111 Å². The Labute approximate surface area is 105 Å². The normalized spacial score (nSPS) is 11.2. The second-order valence-electron chi connectivity index (χ2n) is 4.03.